The van der Waals surface area contributed by atoms with Gasteiger partial charge in [-0.05, 0) is 18.1 Å². The van der Waals surface area contributed by atoms with Crippen LogP contribution in [0.5, 0.6) is 5.75 Å². The molecule has 1 aromatic heterocycles. The molecule has 1 amide bonds. The molecule has 7 nitrogen and oxygen atoms in total. The zero-order valence-corrected chi connectivity index (χ0v) is 14.2. The Kier molecular flexibility index (Phi) is 6.99. The first kappa shape index (κ1) is 18.9. The second kappa shape index (κ2) is 8.50. The lowest BCUT2D eigenvalue weighted by molar-refractivity contribution is -0.118. The number of amides is 1. The number of nitrogens with two attached hydrogens (primary N) is 1. The summed E-state index contributed by atoms with van der Waals surface area (Å²) in [5.74, 6) is 1.19. The van der Waals surface area contributed by atoms with Gasteiger partial charge in [0.1, 0.15) is 5.75 Å². The Hall–Kier alpha value is -2.12. The van der Waals surface area contributed by atoms with Gasteiger partial charge in [-0.2, -0.15) is 4.98 Å². The molecule has 4 N–H and O–H groups in total. The fraction of sp³-hybridized carbons (Fsp3) is 0.400. The van der Waals surface area contributed by atoms with Crippen LogP contribution in [0.25, 0.3) is 11.4 Å². The summed E-state index contributed by atoms with van der Waals surface area (Å²) in [5.41, 5.74) is 6.65. The van der Waals surface area contributed by atoms with Gasteiger partial charge in [-0.3, -0.25) is 15.2 Å². The summed E-state index contributed by atoms with van der Waals surface area (Å²) in [7, 11) is 1.59. The molecule has 2 rings (SSSR count). The zero-order valence-electron chi connectivity index (χ0n) is 13.4. The molecule has 1 aromatic carbocycles. The third-order valence-electron chi connectivity index (χ3n) is 3.64. The molecule has 0 radical (unpaired) electrons. The number of nitrogens with one attached hydrogen (secondary N) is 2. The van der Waals surface area contributed by atoms with Crippen molar-refractivity contribution in [2.24, 2.45) is 11.7 Å². The molecule has 126 valence electrons. The molecular weight excluding hydrogens is 318 g/mol. The number of para-hydroxylation sites is 1. The lowest BCUT2D eigenvalue weighted by Gasteiger charge is -2.16. The first-order chi connectivity index (χ1) is 10.6. The van der Waals surface area contributed by atoms with Gasteiger partial charge in [-0.1, -0.05) is 32.4 Å². The molecule has 23 heavy (non-hydrogen) atoms. The Morgan fingerprint density at radius 2 is 2.13 bits per heavy atom. The number of aromatic amines is 1. The summed E-state index contributed by atoms with van der Waals surface area (Å²) in [6.45, 7) is 3.92. The quantitative estimate of drug-likeness (QED) is 0.748. The van der Waals surface area contributed by atoms with Gasteiger partial charge >= 0.3 is 0 Å². The van der Waals surface area contributed by atoms with E-state index in [2.05, 4.69) is 20.5 Å². The fourth-order valence-electron chi connectivity index (χ4n) is 1.98. The number of nitrogens with zero attached hydrogens (tertiary/aromatic N) is 2. The van der Waals surface area contributed by atoms with Crippen LogP contribution < -0.4 is 15.8 Å². The second-order valence-electron chi connectivity index (χ2n) is 5.11. The number of carbonyl (C=O) groups excluding carboxylic acids is 1. The molecule has 0 bridgehead atoms. The molecule has 0 saturated heterocycles. The molecule has 2 unspecified atom stereocenters. The van der Waals surface area contributed by atoms with Gasteiger partial charge in [-0.25, -0.2) is 0 Å². The topological polar surface area (TPSA) is 106 Å². The monoisotopic (exact) mass is 339 g/mol. The van der Waals surface area contributed by atoms with E-state index >= 15 is 0 Å². The van der Waals surface area contributed by atoms with Crippen molar-refractivity contribution in [3.63, 3.8) is 0 Å². The number of carbonyl (C=O) groups is 1. The fourth-order valence-corrected chi connectivity index (χ4v) is 1.98. The summed E-state index contributed by atoms with van der Waals surface area (Å²) in [6.07, 6.45) is 0.828. The minimum Gasteiger partial charge on any atom is -0.496 e. The average molecular weight is 340 g/mol. The van der Waals surface area contributed by atoms with Gasteiger partial charge in [0.15, 0.2) is 5.82 Å². The van der Waals surface area contributed by atoms with E-state index in [1.54, 1.807) is 7.11 Å². The van der Waals surface area contributed by atoms with Crippen LogP contribution in [0.4, 0.5) is 5.95 Å². The molecule has 0 aliphatic rings. The lowest BCUT2D eigenvalue weighted by atomic mass is 10.00. The first-order valence-corrected chi connectivity index (χ1v) is 7.19. The van der Waals surface area contributed by atoms with Crippen molar-refractivity contribution in [3.05, 3.63) is 24.3 Å². The molecule has 2 aromatic rings. The molecule has 2 atom stereocenters. The van der Waals surface area contributed by atoms with Gasteiger partial charge in [0.05, 0.1) is 18.7 Å². The summed E-state index contributed by atoms with van der Waals surface area (Å²) < 4.78 is 5.28. The van der Waals surface area contributed by atoms with Crippen LogP contribution in [-0.4, -0.2) is 34.2 Å². The van der Waals surface area contributed by atoms with Gasteiger partial charge < -0.3 is 10.5 Å². The van der Waals surface area contributed by atoms with Gasteiger partial charge in [0.2, 0.25) is 11.9 Å². The molecular formula is C15H22ClN5O2. The van der Waals surface area contributed by atoms with Crippen molar-refractivity contribution < 1.29 is 9.53 Å². The Morgan fingerprint density at radius 3 is 2.78 bits per heavy atom. The summed E-state index contributed by atoms with van der Waals surface area (Å²) >= 11 is 0. The van der Waals surface area contributed by atoms with Crippen LogP contribution >= 0.6 is 12.4 Å². The van der Waals surface area contributed by atoms with Gasteiger partial charge in [0, 0.05) is 0 Å². The maximum atomic E-state index is 12.0. The predicted octanol–water partition coefficient (Wildman–Crippen LogP) is 2.21. The predicted molar refractivity (Wildman–Crippen MR) is 91.7 cm³/mol. The maximum Gasteiger partial charge on any atom is 0.249 e. The van der Waals surface area contributed by atoms with Crippen LogP contribution in [-0.2, 0) is 4.79 Å². The van der Waals surface area contributed by atoms with Crippen LogP contribution in [0.15, 0.2) is 24.3 Å². The normalized spacial score (nSPS) is 12.9. The first-order valence-electron chi connectivity index (χ1n) is 7.19. The maximum absolute atomic E-state index is 12.0. The highest BCUT2D eigenvalue weighted by Gasteiger charge is 2.21. The Labute approximate surface area is 141 Å². The Morgan fingerprint density at radius 1 is 1.43 bits per heavy atom. The van der Waals surface area contributed by atoms with Crippen molar-refractivity contribution in [2.75, 3.05) is 12.4 Å². The van der Waals surface area contributed by atoms with E-state index in [-0.39, 0.29) is 30.2 Å². The number of methoxy groups -OCH3 is 1. The second-order valence-corrected chi connectivity index (χ2v) is 5.11. The van der Waals surface area contributed by atoms with E-state index in [0.717, 1.165) is 12.0 Å². The van der Waals surface area contributed by atoms with Crippen molar-refractivity contribution in [2.45, 2.75) is 26.3 Å². The summed E-state index contributed by atoms with van der Waals surface area (Å²) in [5, 5.41) is 9.41. The lowest BCUT2D eigenvalue weighted by Crippen LogP contribution is -2.40. The molecule has 0 saturated carbocycles. The van der Waals surface area contributed by atoms with E-state index in [0.29, 0.717) is 11.6 Å². The molecule has 1 heterocycles. The number of anilines is 1. The minimum atomic E-state index is -0.585. The standard InChI is InChI=1S/C15H21N5O2.ClH/c1-4-9(2)12(16)14(21)18-15-17-13(19-20-15)10-7-5-6-8-11(10)22-3;/h5-9,12H,4,16H2,1-3H3,(H2,17,18,19,20,21);1H. The highest BCUT2D eigenvalue weighted by Crippen LogP contribution is 2.27. The molecule has 8 heteroatoms. The summed E-state index contributed by atoms with van der Waals surface area (Å²) in [6, 6.07) is 6.84. The van der Waals surface area contributed by atoms with Crippen LogP contribution in [0, 0.1) is 5.92 Å². The number of rotatable bonds is 6. The highest BCUT2D eigenvalue weighted by atomic mass is 35.5. The summed E-state index contributed by atoms with van der Waals surface area (Å²) in [4.78, 5) is 16.3. The van der Waals surface area contributed by atoms with Crippen molar-refractivity contribution in [3.8, 4) is 17.1 Å². The van der Waals surface area contributed by atoms with Crippen LogP contribution in [0.3, 0.4) is 0 Å². The van der Waals surface area contributed by atoms with Crippen LogP contribution in [0.2, 0.25) is 0 Å². The molecule has 0 spiro atoms. The third-order valence-corrected chi connectivity index (χ3v) is 3.64. The number of aromatic nitrogens is 3. The zero-order chi connectivity index (χ0) is 16.1. The van der Waals surface area contributed by atoms with E-state index in [1.165, 1.54) is 0 Å². The van der Waals surface area contributed by atoms with Crippen molar-refractivity contribution in [1.29, 1.82) is 0 Å². The molecule has 0 aliphatic heterocycles. The number of ether oxygens (including phenoxy) is 1. The largest absolute Gasteiger partial charge is 0.496 e. The van der Waals surface area contributed by atoms with E-state index in [1.807, 2.05) is 38.1 Å². The minimum absolute atomic E-state index is 0. The number of halogens is 1. The number of H-pyrrole nitrogens is 1. The van der Waals surface area contributed by atoms with E-state index in [4.69, 9.17) is 10.5 Å². The highest BCUT2D eigenvalue weighted by molar-refractivity contribution is 5.93. The number of hydrogen-bond donors (Lipinski definition) is 3. The van der Waals surface area contributed by atoms with E-state index in [9.17, 15) is 4.79 Å². The number of benzene rings is 1. The van der Waals surface area contributed by atoms with Crippen molar-refractivity contribution >= 4 is 24.3 Å². The van der Waals surface area contributed by atoms with Gasteiger partial charge in [-0.15, -0.1) is 17.5 Å². The molecule has 0 fully saturated rings. The number of hydrogen-bond acceptors (Lipinski definition) is 5. The smallest absolute Gasteiger partial charge is 0.249 e. The SMILES string of the molecule is CCC(C)C(N)C(=O)Nc1n[nH]c(-c2ccccc2OC)n1.Cl. The van der Waals surface area contributed by atoms with Gasteiger partial charge in [0.25, 0.3) is 0 Å². The van der Waals surface area contributed by atoms with Crippen LogP contribution in [0.1, 0.15) is 20.3 Å². The Balaban J connectivity index is 0.00000264. The average Bonchev–Trinajstić information content (AvgIpc) is 3.01. The third kappa shape index (κ3) is 4.43. The van der Waals surface area contributed by atoms with Crippen molar-refractivity contribution in [1.82, 2.24) is 15.2 Å². The van der Waals surface area contributed by atoms with E-state index < -0.39 is 6.04 Å². The molecule has 0 aliphatic carbocycles. The Bertz CT molecular complexity index is 646.